The van der Waals surface area contributed by atoms with Gasteiger partial charge in [-0.15, -0.1) is 0 Å². The van der Waals surface area contributed by atoms with E-state index in [0.29, 0.717) is 5.56 Å². The average Bonchev–Trinajstić information content (AvgIpc) is 2.64. The van der Waals surface area contributed by atoms with E-state index in [9.17, 15) is 14.7 Å². The van der Waals surface area contributed by atoms with Crippen LogP contribution in [0.15, 0.2) is 60.7 Å². The number of aryl methyl sites for hydroxylation is 1. The summed E-state index contributed by atoms with van der Waals surface area (Å²) in [4.78, 5) is 22.7. The molecular formula is C22H25NO4. The lowest BCUT2D eigenvalue weighted by Crippen LogP contribution is -2.31. The molecule has 5 nitrogen and oxygen atoms in total. The predicted octanol–water partition coefficient (Wildman–Crippen LogP) is 3.53. The number of rotatable bonds is 7. The molecule has 0 aliphatic carbocycles. The molecule has 27 heavy (non-hydrogen) atoms. The zero-order valence-electron chi connectivity index (χ0n) is 15.7. The van der Waals surface area contributed by atoms with Crippen molar-refractivity contribution >= 4 is 11.9 Å². The topological polar surface area (TPSA) is 86.6 Å². The minimum atomic E-state index is -1.18. The molecule has 1 amide bonds. The Morgan fingerprint density at radius 2 is 1.48 bits per heavy atom. The van der Waals surface area contributed by atoms with Crippen molar-refractivity contribution in [3.05, 3.63) is 82.9 Å². The van der Waals surface area contributed by atoms with Crippen molar-refractivity contribution in [2.24, 2.45) is 5.92 Å². The second-order valence-corrected chi connectivity index (χ2v) is 6.79. The maximum absolute atomic E-state index is 12.1. The third-order valence-electron chi connectivity index (χ3n) is 4.45. The SMILES string of the molecule is Cc1ccccc1C(O)c1ccccc1C(NC(=O)/C=C/C(=O)O)C(C)C. The van der Waals surface area contributed by atoms with E-state index in [-0.39, 0.29) is 12.0 Å². The average molecular weight is 367 g/mol. The summed E-state index contributed by atoms with van der Waals surface area (Å²) >= 11 is 0. The number of hydrogen-bond donors (Lipinski definition) is 3. The zero-order chi connectivity index (χ0) is 20.0. The van der Waals surface area contributed by atoms with Crippen molar-refractivity contribution in [2.45, 2.75) is 32.9 Å². The fourth-order valence-corrected chi connectivity index (χ4v) is 3.06. The van der Waals surface area contributed by atoms with Crippen molar-refractivity contribution in [1.29, 1.82) is 0 Å². The Morgan fingerprint density at radius 1 is 0.926 bits per heavy atom. The van der Waals surface area contributed by atoms with Gasteiger partial charge in [0.05, 0.1) is 6.04 Å². The third-order valence-corrected chi connectivity index (χ3v) is 4.45. The van der Waals surface area contributed by atoms with Crippen LogP contribution < -0.4 is 5.32 Å². The molecule has 142 valence electrons. The van der Waals surface area contributed by atoms with Crippen molar-refractivity contribution in [3.8, 4) is 0 Å². The molecular weight excluding hydrogens is 342 g/mol. The van der Waals surface area contributed by atoms with Gasteiger partial charge in [-0.1, -0.05) is 62.4 Å². The first-order chi connectivity index (χ1) is 12.8. The number of aliphatic hydroxyl groups is 1. The molecule has 0 heterocycles. The summed E-state index contributed by atoms with van der Waals surface area (Å²) in [5, 5.41) is 22.5. The normalized spacial score (nSPS) is 13.5. The molecule has 2 rings (SSSR count). The number of hydrogen-bond acceptors (Lipinski definition) is 3. The van der Waals surface area contributed by atoms with E-state index >= 15 is 0 Å². The minimum absolute atomic E-state index is 0.0393. The number of aliphatic carboxylic acids is 1. The highest BCUT2D eigenvalue weighted by atomic mass is 16.4. The van der Waals surface area contributed by atoms with Gasteiger partial charge in [-0.3, -0.25) is 4.79 Å². The van der Waals surface area contributed by atoms with Crippen molar-refractivity contribution in [3.63, 3.8) is 0 Å². The van der Waals surface area contributed by atoms with Crippen molar-refractivity contribution < 1.29 is 19.8 Å². The van der Waals surface area contributed by atoms with Crippen LogP contribution in [0.3, 0.4) is 0 Å². The first-order valence-corrected chi connectivity index (χ1v) is 8.85. The molecule has 3 N–H and O–H groups in total. The molecule has 0 aromatic heterocycles. The van der Waals surface area contributed by atoms with Gasteiger partial charge in [0.25, 0.3) is 0 Å². The Kier molecular flexibility index (Phi) is 6.91. The van der Waals surface area contributed by atoms with Gasteiger partial charge in [0.1, 0.15) is 6.10 Å². The molecule has 2 unspecified atom stereocenters. The largest absolute Gasteiger partial charge is 0.478 e. The minimum Gasteiger partial charge on any atom is -0.478 e. The Bertz CT molecular complexity index is 842. The Hall–Kier alpha value is -2.92. The highest BCUT2D eigenvalue weighted by Crippen LogP contribution is 2.33. The van der Waals surface area contributed by atoms with Crippen LogP contribution in [0.4, 0.5) is 0 Å². The van der Waals surface area contributed by atoms with Gasteiger partial charge in [0.2, 0.25) is 5.91 Å². The van der Waals surface area contributed by atoms with Gasteiger partial charge < -0.3 is 15.5 Å². The molecule has 0 aliphatic heterocycles. The van der Waals surface area contributed by atoms with Crippen LogP contribution >= 0.6 is 0 Å². The quantitative estimate of drug-likeness (QED) is 0.654. The summed E-state index contributed by atoms with van der Waals surface area (Å²) in [6.07, 6.45) is 0.980. The van der Waals surface area contributed by atoms with Crippen LogP contribution in [0.25, 0.3) is 0 Å². The molecule has 2 atom stereocenters. The molecule has 0 aliphatic rings. The summed E-state index contributed by atoms with van der Waals surface area (Å²) in [7, 11) is 0. The van der Waals surface area contributed by atoms with E-state index < -0.39 is 18.0 Å². The number of nitrogens with one attached hydrogen (secondary N) is 1. The van der Waals surface area contributed by atoms with Crippen LogP contribution in [0.5, 0.6) is 0 Å². The van der Waals surface area contributed by atoms with Crippen molar-refractivity contribution in [1.82, 2.24) is 5.32 Å². The molecule has 0 fully saturated rings. The van der Waals surface area contributed by atoms with Gasteiger partial charge in [0.15, 0.2) is 0 Å². The predicted molar refractivity (Wildman–Crippen MR) is 104 cm³/mol. The van der Waals surface area contributed by atoms with Crippen LogP contribution in [0.2, 0.25) is 0 Å². The Balaban J connectivity index is 2.39. The van der Waals surface area contributed by atoms with Crippen LogP contribution in [0, 0.1) is 12.8 Å². The highest BCUT2D eigenvalue weighted by molar-refractivity contribution is 5.94. The van der Waals surface area contributed by atoms with E-state index in [1.807, 2.05) is 69.3 Å². The smallest absolute Gasteiger partial charge is 0.328 e. The lowest BCUT2D eigenvalue weighted by Gasteiger charge is -2.27. The molecule has 0 spiro atoms. The van der Waals surface area contributed by atoms with E-state index in [0.717, 1.165) is 28.8 Å². The van der Waals surface area contributed by atoms with Crippen LogP contribution in [-0.4, -0.2) is 22.1 Å². The molecule has 0 radical (unpaired) electrons. The number of aliphatic hydroxyl groups excluding tert-OH is 1. The standard InChI is InChI=1S/C22H25NO4/c1-14(2)21(23-19(24)12-13-20(25)26)17-10-6-7-11-18(17)22(27)16-9-5-4-8-15(16)3/h4-14,21-22,27H,1-3H3,(H,23,24)(H,25,26)/b13-12+. The molecule has 0 saturated heterocycles. The molecule has 0 bridgehead atoms. The molecule has 0 saturated carbocycles. The number of benzene rings is 2. The zero-order valence-corrected chi connectivity index (χ0v) is 15.7. The maximum Gasteiger partial charge on any atom is 0.328 e. The van der Waals surface area contributed by atoms with E-state index in [1.54, 1.807) is 0 Å². The van der Waals surface area contributed by atoms with Gasteiger partial charge in [0, 0.05) is 12.2 Å². The lowest BCUT2D eigenvalue weighted by molar-refractivity contribution is -0.131. The highest BCUT2D eigenvalue weighted by Gasteiger charge is 2.24. The molecule has 2 aromatic carbocycles. The van der Waals surface area contributed by atoms with Crippen LogP contribution in [-0.2, 0) is 9.59 Å². The summed E-state index contributed by atoms with van der Waals surface area (Å²) in [5.41, 5.74) is 3.31. The number of carbonyl (C=O) groups excluding carboxylic acids is 1. The second-order valence-electron chi connectivity index (χ2n) is 6.79. The number of carboxylic acids is 1. The summed E-state index contributed by atoms with van der Waals surface area (Å²) in [5.74, 6) is -1.63. The van der Waals surface area contributed by atoms with E-state index in [2.05, 4.69) is 5.32 Å². The summed E-state index contributed by atoms with van der Waals surface area (Å²) < 4.78 is 0. The molecule has 5 heteroatoms. The second kappa shape index (κ2) is 9.14. The number of amides is 1. The fourth-order valence-electron chi connectivity index (χ4n) is 3.06. The maximum atomic E-state index is 12.1. The lowest BCUT2D eigenvalue weighted by atomic mass is 9.87. The van der Waals surface area contributed by atoms with Gasteiger partial charge >= 0.3 is 5.97 Å². The first kappa shape index (κ1) is 20.4. The number of carboxylic acid groups (broad SMARTS) is 1. The monoisotopic (exact) mass is 367 g/mol. The van der Waals surface area contributed by atoms with Crippen molar-refractivity contribution in [2.75, 3.05) is 0 Å². The summed E-state index contributed by atoms with van der Waals surface area (Å²) in [6.45, 7) is 5.87. The first-order valence-electron chi connectivity index (χ1n) is 8.85. The third kappa shape index (κ3) is 5.28. The number of carbonyl (C=O) groups is 2. The van der Waals surface area contributed by atoms with Crippen LogP contribution in [0.1, 0.15) is 48.2 Å². The summed E-state index contributed by atoms with van der Waals surface area (Å²) in [6, 6.07) is 14.7. The fraction of sp³-hybridized carbons (Fsp3) is 0.273. The Labute approximate surface area is 159 Å². The van der Waals surface area contributed by atoms with Gasteiger partial charge in [-0.2, -0.15) is 0 Å². The molecule has 2 aromatic rings. The van der Waals surface area contributed by atoms with Gasteiger partial charge in [-0.05, 0) is 35.1 Å². The van der Waals surface area contributed by atoms with E-state index in [4.69, 9.17) is 5.11 Å². The Morgan fingerprint density at radius 3 is 2.04 bits per heavy atom. The van der Waals surface area contributed by atoms with E-state index in [1.165, 1.54) is 0 Å². The van der Waals surface area contributed by atoms with Gasteiger partial charge in [-0.25, -0.2) is 4.79 Å².